The number of ether oxygens (including phenoxy) is 1. The van der Waals surface area contributed by atoms with E-state index in [1.54, 1.807) is 30.2 Å². The first-order valence-electron chi connectivity index (χ1n) is 9.36. The Bertz CT molecular complexity index is 1010. The van der Waals surface area contributed by atoms with Crippen LogP contribution in [0.5, 0.6) is 0 Å². The first-order chi connectivity index (χ1) is 13.5. The number of methoxy groups -OCH3 is 1. The smallest absolute Gasteiger partial charge is 0.275 e. The lowest BCUT2D eigenvalue weighted by Crippen LogP contribution is -2.36. The molecule has 0 aliphatic heterocycles. The van der Waals surface area contributed by atoms with E-state index in [0.717, 1.165) is 5.56 Å². The number of benzene rings is 2. The van der Waals surface area contributed by atoms with Crippen molar-refractivity contribution in [2.24, 2.45) is 0 Å². The Balaban J connectivity index is 2.08. The van der Waals surface area contributed by atoms with Crippen LogP contribution < -0.4 is 5.56 Å². The summed E-state index contributed by atoms with van der Waals surface area (Å²) in [7, 11) is 1.61. The lowest BCUT2D eigenvalue weighted by Gasteiger charge is -2.23. The molecule has 0 atom stereocenters. The van der Waals surface area contributed by atoms with Crippen molar-refractivity contribution in [3.63, 3.8) is 0 Å². The number of amides is 1. The fraction of sp³-hybridized carbons (Fsp3) is 0.318. The van der Waals surface area contributed by atoms with Crippen LogP contribution in [0.15, 0.2) is 59.4 Å². The third-order valence-electron chi connectivity index (χ3n) is 4.59. The second kappa shape index (κ2) is 8.80. The molecule has 1 aromatic heterocycles. The number of carbonyl (C=O) groups excluding carboxylic acids is 1. The van der Waals surface area contributed by atoms with E-state index in [-0.39, 0.29) is 23.2 Å². The molecule has 3 rings (SSSR count). The van der Waals surface area contributed by atoms with Gasteiger partial charge in [-0.2, -0.15) is 5.10 Å². The molecule has 6 nitrogen and oxygen atoms in total. The molecule has 2 aromatic carbocycles. The standard InChI is InChI=1S/C22H25N3O3/c1-16(2)25-21(26)19-12-8-7-11-18(19)20(23-25)22(27)24(13-14-28-3)15-17-9-5-4-6-10-17/h4-12,16H,13-15H2,1-3H3. The zero-order chi connectivity index (χ0) is 20.1. The normalized spacial score (nSPS) is 11.1. The molecule has 0 aliphatic rings. The highest BCUT2D eigenvalue weighted by Gasteiger charge is 2.23. The zero-order valence-electron chi connectivity index (χ0n) is 16.5. The van der Waals surface area contributed by atoms with Crippen molar-refractivity contribution in [3.05, 3.63) is 76.2 Å². The van der Waals surface area contributed by atoms with Gasteiger partial charge >= 0.3 is 0 Å². The lowest BCUT2D eigenvalue weighted by atomic mass is 10.1. The van der Waals surface area contributed by atoms with Crippen LogP contribution in [0.3, 0.4) is 0 Å². The second-order valence-corrected chi connectivity index (χ2v) is 6.94. The van der Waals surface area contributed by atoms with Gasteiger partial charge in [-0.1, -0.05) is 48.5 Å². The molecule has 6 heteroatoms. The van der Waals surface area contributed by atoms with Gasteiger partial charge in [-0.05, 0) is 25.5 Å². The van der Waals surface area contributed by atoms with Crippen LogP contribution >= 0.6 is 0 Å². The van der Waals surface area contributed by atoms with Crippen LogP contribution in [0.2, 0.25) is 0 Å². The van der Waals surface area contributed by atoms with Crippen LogP contribution in [0.1, 0.15) is 35.9 Å². The molecule has 1 amide bonds. The number of hydrogen-bond acceptors (Lipinski definition) is 4. The molecular weight excluding hydrogens is 354 g/mol. The number of nitrogens with zero attached hydrogens (tertiary/aromatic N) is 3. The van der Waals surface area contributed by atoms with Gasteiger partial charge in [0.25, 0.3) is 11.5 Å². The van der Waals surface area contributed by atoms with E-state index < -0.39 is 0 Å². The van der Waals surface area contributed by atoms with Gasteiger partial charge in [0.1, 0.15) is 0 Å². The van der Waals surface area contributed by atoms with Crippen molar-refractivity contribution in [3.8, 4) is 0 Å². The van der Waals surface area contributed by atoms with Gasteiger partial charge in [-0.25, -0.2) is 4.68 Å². The minimum Gasteiger partial charge on any atom is -0.383 e. The minimum absolute atomic E-state index is 0.148. The Labute approximate surface area is 164 Å². The van der Waals surface area contributed by atoms with E-state index in [1.165, 1.54) is 4.68 Å². The molecule has 0 unspecified atom stereocenters. The molecule has 146 valence electrons. The van der Waals surface area contributed by atoms with Crippen LogP contribution in [0.4, 0.5) is 0 Å². The first-order valence-corrected chi connectivity index (χ1v) is 9.36. The summed E-state index contributed by atoms with van der Waals surface area (Å²) in [5, 5.41) is 5.52. The fourth-order valence-corrected chi connectivity index (χ4v) is 3.12. The van der Waals surface area contributed by atoms with Crippen molar-refractivity contribution >= 4 is 16.7 Å². The van der Waals surface area contributed by atoms with Gasteiger partial charge in [0.15, 0.2) is 5.69 Å². The number of fused-ring (bicyclic) bond motifs is 1. The molecule has 1 heterocycles. The Kier molecular flexibility index (Phi) is 6.21. The average Bonchev–Trinajstić information content (AvgIpc) is 2.71. The lowest BCUT2D eigenvalue weighted by molar-refractivity contribution is 0.0674. The van der Waals surface area contributed by atoms with Gasteiger partial charge in [0.05, 0.1) is 18.0 Å². The molecular formula is C22H25N3O3. The quantitative estimate of drug-likeness (QED) is 0.632. The maximum Gasteiger partial charge on any atom is 0.275 e. The van der Waals surface area contributed by atoms with Gasteiger partial charge in [-0.15, -0.1) is 0 Å². The minimum atomic E-state index is -0.216. The van der Waals surface area contributed by atoms with Crippen LogP contribution in [0.25, 0.3) is 10.8 Å². The number of hydrogen-bond donors (Lipinski definition) is 0. The van der Waals surface area contributed by atoms with Crippen LogP contribution in [0, 0.1) is 0 Å². The van der Waals surface area contributed by atoms with Crippen LogP contribution in [-0.2, 0) is 11.3 Å². The molecule has 0 spiro atoms. The van der Waals surface area contributed by atoms with E-state index >= 15 is 0 Å². The summed E-state index contributed by atoms with van der Waals surface area (Å²) in [6.07, 6.45) is 0. The summed E-state index contributed by atoms with van der Waals surface area (Å²) in [4.78, 5) is 27.9. The molecule has 0 saturated carbocycles. The van der Waals surface area contributed by atoms with E-state index in [9.17, 15) is 9.59 Å². The van der Waals surface area contributed by atoms with Gasteiger partial charge < -0.3 is 9.64 Å². The Morgan fingerprint density at radius 1 is 1.07 bits per heavy atom. The van der Waals surface area contributed by atoms with E-state index in [4.69, 9.17) is 4.74 Å². The maximum atomic E-state index is 13.4. The maximum absolute atomic E-state index is 13.4. The summed E-state index contributed by atoms with van der Waals surface area (Å²) < 4.78 is 6.58. The molecule has 28 heavy (non-hydrogen) atoms. The average molecular weight is 379 g/mol. The van der Waals surface area contributed by atoms with Crippen LogP contribution in [-0.4, -0.2) is 40.8 Å². The molecule has 0 bridgehead atoms. The summed E-state index contributed by atoms with van der Waals surface area (Å²) in [5.74, 6) is -0.216. The van der Waals surface area contributed by atoms with Gasteiger partial charge in [0, 0.05) is 25.6 Å². The molecule has 0 saturated heterocycles. The number of rotatable bonds is 7. The highest BCUT2D eigenvalue weighted by molar-refractivity contribution is 6.04. The molecule has 0 aliphatic carbocycles. The van der Waals surface area contributed by atoms with Crippen molar-refractivity contribution in [2.75, 3.05) is 20.3 Å². The van der Waals surface area contributed by atoms with Crippen molar-refractivity contribution in [1.29, 1.82) is 0 Å². The van der Waals surface area contributed by atoms with Gasteiger partial charge in [0.2, 0.25) is 0 Å². The highest BCUT2D eigenvalue weighted by atomic mass is 16.5. The summed E-state index contributed by atoms with van der Waals surface area (Å²) in [5.41, 5.74) is 1.12. The van der Waals surface area contributed by atoms with E-state index in [0.29, 0.717) is 30.5 Å². The fourth-order valence-electron chi connectivity index (χ4n) is 3.12. The Morgan fingerprint density at radius 2 is 1.71 bits per heavy atom. The van der Waals surface area contributed by atoms with Crippen molar-refractivity contribution in [2.45, 2.75) is 26.4 Å². The largest absolute Gasteiger partial charge is 0.383 e. The SMILES string of the molecule is COCCN(Cc1ccccc1)C(=O)c1nn(C(C)C)c(=O)c2ccccc12. The number of carbonyl (C=O) groups is 1. The molecule has 0 N–H and O–H groups in total. The summed E-state index contributed by atoms with van der Waals surface area (Å²) in [6.45, 7) is 5.05. The Hall–Kier alpha value is -2.99. The van der Waals surface area contributed by atoms with E-state index in [2.05, 4.69) is 5.10 Å². The summed E-state index contributed by atoms with van der Waals surface area (Å²) >= 11 is 0. The third kappa shape index (κ3) is 4.12. The van der Waals surface area contributed by atoms with E-state index in [1.807, 2.05) is 50.2 Å². The zero-order valence-corrected chi connectivity index (χ0v) is 16.5. The topological polar surface area (TPSA) is 64.4 Å². The predicted molar refractivity (Wildman–Crippen MR) is 109 cm³/mol. The van der Waals surface area contributed by atoms with Gasteiger partial charge in [-0.3, -0.25) is 9.59 Å². The molecule has 0 fully saturated rings. The monoisotopic (exact) mass is 379 g/mol. The second-order valence-electron chi connectivity index (χ2n) is 6.94. The highest BCUT2D eigenvalue weighted by Crippen LogP contribution is 2.18. The third-order valence-corrected chi connectivity index (χ3v) is 4.59. The molecule has 3 aromatic rings. The number of aromatic nitrogens is 2. The molecule has 0 radical (unpaired) electrons. The predicted octanol–water partition coefficient (Wildman–Crippen LogP) is 3.27. The van der Waals surface area contributed by atoms with Crippen molar-refractivity contribution < 1.29 is 9.53 Å². The Morgan fingerprint density at radius 3 is 2.36 bits per heavy atom. The first kappa shape index (κ1) is 19.8. The van der Waals surface area contributed by atoms with Crippen molar-refractivity contribution in [1.82, 2.24) is 14.7 Å². The summed E-state index contributed by atoms with van der Waals surface area (Å²) in [6, 6.07) is 16.8.